The zero-order valence-electron chi connectivity index (χ0n) is 21.3. The number of rotatable bonds is 7. The molecule has 1 aliphatic rings. The fourth-order valence-corrected chi connectivity index (χ4v) is 4.87. The largest absolute Gasteiger partial charge is 0.573 e. The smallest absolute Gasteiger partial charge is 0.406 e. The molecule has 1 saturated heterocycles. The van der Waals surface area contributed by atoms with Crippen LogP contribution in [0.25, 0.3) is 28.0 Å². The van der Waals surface area contributed by atoms with Gasteiger partial charge in [-0.05, 0) is 66.1 Å². The van der Waals surface area contributed by atoms with Crippen molar-refractivity contribution in [2.45, 2.75) is 33.1 Å². The number of ether oxygens (including phenoxy) is 1. The number of hydrogen-bond donors (Lipinski definition) is 2. The van der Waals surface area contributed by atoms with Crippen LogP contribution in [0.2, 0.25) is 0 Å². The maximum Gasteiger partial charge on any atom is 0.573 e. The zero-order valence-corrected chi connectivity index (χ0v) is 21.3. The molecule has 38 heavy (non-hydrogen) atoms. The zero-order chi connectivity index (χ0) is 27.1. The van der Waals surface area contributed by atoms with Crippen LogP contribution >= 0.6 is 0 Å². The number of amides is 2. The van der Waals surface area contributed by atoms with Gasteiger partial charge in [0.2, 0.25) is 0 Å². The van der Waals surface area contributed by atoms with Crippen molar-refractivity contribution in [3.05, 3.63) is 60.6 Å². The summed E-state index contributed by atoms with van der Waals surface area (Å²) in [4.78, 5) is 16.4. The standard InChI is InChI=1S/C27H29F3N6O2/c1-26(2,19-12-31-25(37)32-13-19)11-10-18-15-36(20-14-33-35(3)16-20)24-22(18)8-9-23(34-24)17-4-6-21(7-5-17)38-27(28,29)30/h4-9,14-16,19H,10-13H2,1-3H3,(H2,31,32,37). The molecule has 4 aromatic rings. The molecule has 4 heterocycles. The summed E-state index contributed by atoms with van der Waals surface area (Å²) in [5.41, 5.74) is 4.03. The summed E-state index contributed by atoms with van der Waals surface area (Å²) in [5, 5.41) is 11.1. The van der Waals surface area contributed by atoms with Gasteiger partial charge in [-0.25, -0.2) is 9.78 Å². The number of hydrogen-bond acceptors (Lipinski definition) is 4. The number of halogens is 3. The molecule has 0 saturated carbocycles. The summed E-state index contributed by atoms with van der Waals surface area (Å²) in [5.74, 6) is 0.0274. The van der Waals surface area contributed by atoms with Gasteiger partial charge in [-0.3, -0.25) is 9.25 Å². The van der Waals surface area contributed by atoms with Crippen molar-refractivity contribution >= 4 is 17.1 Å². The van der Waals surface area contributed by atoms with Crippen LogP contribution < -0.4 is 15.4 Å². The molecule has 3 aromatic heterocycles. The van der Waals surface area contributed by atoms with Gasteiger partial charge in [-0.1, -0.05) is 13.8 Å². The Balaban J connectivity index is 1.46. The Morgan fingerprint density at radius 1 is 1.05 bits per heavy atom. The first-order valence-corrected chi connectivity index (χ1v) is 12.4. The van der Waals surface area contributed by atoms with E-state index in [2.05, 4.69) is 40.5 Å². The molecule has 0 spiro atoms. The van der Waals surface area contributed by atoms with Crippen LogP contribution in [0, 0.1) is 11.3 Å². The maximum absolute atomic E-state index is 12.5. The molecule has 0 radical (unpaired) electrons. The van der Waals surface area contributed by atoms with Crippen molar-refractivity contribution in [1.82, 2.24) is 30.0 Å². The van der Waals surface area contributed by atoms with Crippen LogP contribution in [0.1, 0.15) is 25.8 Å². The van der Waals surface area contributed by atoms with Gasteiger partial charge in [0.15, 0.2) is 0 Å². The van der Waals surface area contributed by atoms with E-state index < -0.39 is 6.36 Å². The molecule has 8 nitrogen and oxygen atoms in total. The maximum atomic E-state index is 12.5. The van der Waals surface area contributed by atoms with Crippen molar-refractivity contribution in [1.29, 1.82) is 0 Å². The molecule has 1 aliphatic heterocycles. The summed E-state index contributed by atoms with van der Waals surface area (Å²) < 4.78 is 45.3. The van der Waals surface area contributed by atoms with Crippen molar-refractivity contribution in [2.75, 3.05) is 13.1 Å². The van der Waals surface area contributed by atoms with Crippen LogP contribution in [-0.4, -0.2) is 44.8 Å². The lowest BCUT2D eigenvalue weighted by molar-refractivity contribution is -0.274. The van der Waals surface area contributed by atoms with E-state index in [-0.39, 0.29) is 17.2 Å². The molecule has 2 N–H and O–H groups in total. The fourth-order valence-electron chi connectivity index (χ4n) is 4.87. The highest BCUT2D eigenvalue weighted by molar-refractivity contribution is 5.85. The van der Waals surface area contributed by atoms with E-state index in [1.165, 1.54) is 12.1 Å². The summed E-state index contributed by atoms with van der Waals surface area (Å²) in [6.07, 6.45) is 2.73. The Bertz CT molecular complexity index is 1450. The first-order valence-electron chi connectivity index (χ1n) is 12.4. The van der Waals surface area contributed by atoms with Crippen molar-refractivity contribution in [3.8, 4) is 22.7 Å². The molecule has 0 unspecified atom stereocenters. The quantitative estimate of drug-likeness (QED) is 0.346. The van der Waals surface area contributed by atoms with Crippen LogP contribution in [0.15, 0.2) is 55.0 Å². The lowest BCUT2D eigenvalue weighted by Crippen LogP contribution is -2.52. The second kappa shape index (κ2) is 9.70. The van der Waals surface area contributed by atoms with E-state index in [9.17, 15) is 18.0 Å². The van der Waals surface area contributed by atoms with Gasteiger partial charge in [0.1, 0.15) is 11.4 Å². The number of nitrogens with one attached hydrogen (secondary N) is 2. The Morgan fingerprint density at radius 2 is 1.76 bits per heavy atom. The number of pyridine rings is 1. The third-order valence-electron chi connectivity index (χ3n) is 7.25. The minimum absolute atomic E-state index is 0.0168. The lowest BCUT2D eigenvalue weighted by Gasteiger charge is -2.37. The van der Waals surface area contributed by atoms with E-state index in [1.807, 2.05) is 29.9 Å². The summed E-state index contributed by atoms with van der Waals surface area (Å²) >= 11 is 0. The molecule has 1 aromatic carbocycles. The summed E-state index contributed by atoms with van der Waals surface area (Å²) in [7, 11) is 1.85. The highest BCUT2D eigenvalue weighted by Gasteiger charge is 2.33. The van der Waals surface area contributed by atoms with Gasteiger partial charge >= 0.3 is 12.4 Å². The van der Waals surface area contributed by atoms with E-state index in [0.717, 1.165) is 35.1 Å². The van der Waals surface area contributed by atoms with Crippen molar-refractivity contribution < 1.29 is 22.7 Å². The van der Waals surface area contributed by atoms with E-state index in [4.69, 9.17) is 4.98 Å². The molecular formula is C27H29F3N6O2. The van der Waals surface area contributed by atoms with Crippen molar-refractivity contribution in [3.63, 3.8) is 0 Å². The highest BCUT2D eigenvalue weighted by atomic mass is 19.4. The predicted molar refractivity (Wildman–Crippen MR) is 137 cm³/mol. The number of nitrogens with zero attached hydrogens (tertiary/aromatic N) is 4. The van der Waals surface area contributed by atoms with E-state index in [0.29, 0.717) is 30.3 Å². The normalized spacial score (nSPS) is 14.9. The summed E-state index contributed by atoms with van der Waals surface area (Å²) in [6.45, 7) is 5.74. The second-order valence-electron chi connectivity index (χ2n) is 10.3. The number of carbonyl (C=O) groups is 1. The monoisotopic (exact) mass is 526 g/mol. The van der Waals surface area contributed by atoms with Gasteiger partial charge in [0.25, 0.3) is 0 Å². The first-order chi connectivity index (χ1) is 18.0. The molecular weight excluding hydrogens is 497 g/mol. The number of aryl methyl sites for hydroxylation is 2. The minimum atomic E-state index is -4.74. The van der Waals surface area contributed by atoms with Crippen molar-refractivity contribution in [2.24, 2.45) is 18.4 Å². The van der Waals surface area contributed by atoms with Crippen LogP contribution in [-0.2, 0) is 13.5 Å². The van der Waals surface area contributed by atoms with Crippen LogP contribution in [0.5, 0.6) is 5.75 Å². The molecule has 200 valence electrons. The molecule has 5 rings (SSSR count). The SMILES string of the molecule is Cn1cc(-n2cc(CCC(C)(C)C3CNC(=O)NC3)c3ccc(-c4ccc(OC(F)(F)F)cc4)nc32)cn1. The van der Waals surface area contributed by atoms with Gasteiger partial charge in [-0.15, -0.1) is 13.2 Å². The minimum Gasteiger partial charge on any atom is -0.406 e. The molecule has 11 heteroatoms. The van der Waals surface area contributed by atoms with Gasteiger partial charge in [0, 0.05) is 43.5 Å². The topological polar surface area (TPSA) is 86.0 Å². The number of carbonyl (C=O) groups excluding carboxylic acids is 1. The molecule has 0 bridgehead atoms. The molecule has 2 amide bonds. The number of fused-ring (bicyclic) bond motifs is 1. The van der Waals surface area contributed by atoms with Gasteiger partial charge < -0.3 is 15.4 Å². The van der Waals surface area contributed by atoms with Crippen LogP contribution in [0.3, 0.4) is 0 Å². The molecule has 1 fully saturated rings. The Kier molecular flexibility index (Phi) is 6.54. The van der Waals surface area contributed by atoms with E-state index >= 15 is 0 Å². The number of urea groups is 1. The Hall–Kier alpha value is -4.02. The van der Waals surface area contributed by atoms with E-state index in [1.54, 1.807) is 23.0 Å². The highest BCUT2D eigenvalue weighted by Crippen LogP contribution is 2.35. The van der Waals surface area contributed by atoms with Gasteiger partial charge in [-0.2, -0.15) is 5.10 Å². The second-order valence-corrected chi connectivity index (χ2v) is 10.3. The predicted octanol–water partition coefficient (Wildman–Crippen LogP) is 5.21. The third-order valence-corrected chi connectivity index (χ3v) is 7.25. The average molecular weight is 527 g/mol. The Labute approximate surface area is 217 Å². The third kappa shape index (κ3) is 5.46. The summed E-state index contributed by atoms with van der Waals surface area (Å²) in [6, 6.07) is 9.46. The Morgan fingerprint density at radius 3 is 2.39 bits per heavy atom. The number of alkyl halides is 3. The fraction of sp³-hybridized carbons (Fsp3) is 0.370. The average Bonchev–Trinajstić information content (AvgIpc) is 3.45. The van der Waals surface area contributed by atoms with Gasteiger partial charge in [0.05, 0.1) is 17.6 Å². The van der Waals surface area contributed by atoms with Crippen LogP contribution in [0.4, 0.5) is 18.0 Å². The molecule has 0 atom stereocenters. The lowest BCUT2D eigenvalue weighted by atomic mass is 9.74. The number of benzene rings is 1. The number of aromatic nitrogens is 4. The molecule has 0 aliphatic carbocycles. The first kappa shape index (κ1) is 25.6.